The van der Waals surface area contributed by atoms with Gasteiger partial charge in [0.15, 0.2) is 0 Å². The van der Waals surface area contributed by atoms with Gasteiger partial charge in [0.1, 0.15) is 6.54 Å². The third-order valence-corrected chi connectivity index (χ3v) is 2.70. The summed E-state index contributed by atoms with van der Waals surface area (Å²) in [4.78, 5) is 34.6. The molecule has 3 amide bonds. The number of carbonyl (C=O) groups excluding carboxylic acids is 2. The van der Waals surface area contributed by atoms with Gasteiger partial charge in [0.05, 0.1) is 0 Å². The molecule has 7 nitrogen and oxygen atoms in total. The van der Waals surface area contributed by atoms with Crippen molar-refractivity contribution in [1.29, 1.82) is 0 Å². The lowest BCUT2D eigenvalue weighted by atomic mass is 10.3. The molecule has 3 N–H and O–H groups in total. The first kappa shape index (κ1) is 14.3. The quantitative estimate of drug-likeness (QED) is 0.579. The number of nitrogens with zero attached hydrogens (tertiary/aromatic N) is 1. The van der Waals surface area contributed by atoms with Crippen LogP contribution in [0.15, 0.2) is 0 Å². The van der Waals surface area contributed by atoms with Crippen LogP contribution < -0.4 is 10.6 Å². The van der Waals surface area contributed by atoms with E-state index in [2.05, 4.69) is 10.6 Å². The number of carboxylic acids is 1. The van der Waals surface area contributed by atoms with E-state index >= 15 is 0 Å². The van der Waals surface area contributed by atoms with Crippen molar-refractivity contribution in [3.63, 3.8) is 0 Å². The summed E-state index contributed by atoms with van der Waals surface area (Å²) >= 11 is 0. The van der Waals surface area contributed by atoms with Gasteiger partial charge in [0.25, 0.3) is 0 Å². The van der Waals surface area contributed by atoms with Gasteiger partial charge in [0, 0.05) is 26.6 Å². The van der Waals surface area contributed by atoms with Crippen LogP contribution in [-0.4, -0.2) is 54.6 Å². The molecule has 0 unspecified atom stereocenters. The molecule has 0 radical (unpaired) electrons. The van der Waals surface area contributed by atoms with Crippen molar-refractivity contribution < 1.29 is 19.5 Å². The van der Waals surface area contributed by atoms with Gasteiger partial charge in [-0.15, -0.1) is 0 Å². The van der Waals surface area contributed by atoms with Gasteiger partial charge in [-0.1, -0.05) is 0 Å². The predicted molar refractivity (Wildman–Crippen MR) is 64.0 cm³/mol. The van der Waals surface area contributed by atoms with Crippen LogP contribution in [0.3, 0.4) is 0 Å². The van der Waals surface area contributed by atoms with E-state index in [0.29, 0.717) is 12.5 Å². The van der Waals surface area contributed by atoms with Crippen LogP contribution in [0.5, 0.6) is 0 Å². The predicted octanol–water partition coefficient (Wildman–Crippen LogP) is -0.371. The van der Waals surface area contributed by atoms with E-state index in [1.54, 1.807) is 0 Å². The number of aliphatic carboxylic acids is 1. The molecular weight excluding hydrogens is 238 g/mol. The number of hydrogen-bond donors (Lipinski definition) is 3. The Labute approximate surface area is 106 Å². The van der Waals surface area contributed by atoms with Crippen molar-refractivity contribution in [3.05, 3.63) is 0 Å². The first-order valence-corrected chi connectivity index (χ1v) is 5.98. The molecule has 0 spiro atoms. The Kier molecular flexibility index (Phi) is 5.41. The van der Waals surface area contributed by atoms with Gasteiger partial charge in [-0.25, -0.2) is 4.79 Å². The van der Waals surface area contributed by atoms with Gasteiger partial charge < -0.3 is 20.6 Å². The van der Waals surface area contributed by atoms with E-state index < -0.39 is 12.0 Å². The smallest absolute Gasteiger partial charge is 0.323 e. The first-order valence-electron chi connectivity index (χ1n) is 5.98. The lowest BCUT2D eigenvalue weighted by Gasteiger charge is -2.20. The maximum absolute atomic E-state index is 11.7. The third-order valence-electron chi connectivity index (χ3n) is 2.70. The van der Waals surface area contributed by atoms with Crippen LogP contribution in [0.25, 0.3) is 0 Å². The summed E-state index contributed by atoms with van der Waals surface area (Å²) in [6.07, 6.45) is 2.27. The first-order chi connectivity index (χ1) is 8.52. The highest BCUT2D eigenvalue weighted by Gasteiger charge is 2.27. The zero-order chi connectivity index (χ0) is 13.5. The lowest BCUT2D eigenvalue weighted by molar-refractivity contribution is -0.137. The summed E-state index contributed by atoms with van der Waals surface area (Å²) < 4.78 is 0. The van der Waals surface area contributed by atoms with Crippen LogP contribution in [0.4, 0.5) is 4.79 Å². The Hall–Kier alpha value is -1.79. The minimum absolute atomic E-state index is 0.165. The van der Waals surface area contributed by atoms with E-state index in [9.17, 15) is 14.4 Å². The maximum Gasteiger partial charge on any atom is 0.323 e. The van der Waals surface area contributed by atoms with Crippen LogP contribution >= 0.6 is 0 Å². The molecule has 102 valence electrons. The topological polar surface area (TPSA) is 98.7 Å². The summed E-state index contributed by atoms with van der Waals surface area (Å²) in [6, 6.07) is -0.423. The highest BCUT2D eigenvalue weighted by Crippen LogP contribution is 2.29. The fourth-order valence-corrected chi connectivity index (χ4v) is 1.51. The van der Waals surface area contributed by atoms with Crippen molar-refractivity contribution >= 4 is 17.9 Å². The number of urea groups is 1. The molecule has 18 heavy (non-hydrogen) atoms. The number of rotatable bonds is 7. The Bertz CT molecular complexity index is 328. The normalized spacial score (nSPS) is 13.8. The van der Waals surface area contributed by atoms with Crippen LogP contribution in [0, 0.1) is 5.92 Å². The van der Waals surface area contributed by atoms with Crippen molar-refractivity contribution in [3.8, 4) is 0 Å². The molecular formula is C11H19N3O4. The van der Waals surface area contributed by atoms with E-state index in [0.717, 1.165) is 12.8 Å². The fraction of sp³-hybridized carbons (Fsp3) is 0.727. The monoisotopic (exact) mass is 257 g/mol. The molecule has 0 aromatic heterocycles. The maximum atomic E-state index is 11.7. The molecule has 0 atom stereocenters. The summed E-state index contributed by atoms with van der Waals surface area (Å²) in [5.74, 6) is -0.770. The van der Waals surface area contributed by atoms with Crippen molar-refractivity contribution in [2.24, 2.45) is 5.92 Å². The number of nitrogens with one attached hydrogen (secondary N) is 2. The van der Waals surface area contributed by atoms with Gasteiger partial charge in [-0.3, -0.25) is 9.59 Å². The van der Waals surface area contributed by atoms with Crippen molar-refractivity contribution in [1.82, 2.24) is 15.5 Å². The molecule has 0 aliphatic heterocycles. The summed E-state index contributed by atoms with van der Waals surface area (Å²) in [5.41, 5.74) is 0. The SMILES string of the molecule is CNC(=O)CCNC(=O)N(CC(=O)O)CC1CC1. The number of amides is 3. The van der Waals surface area contributed by atoms with Crippen LogP contribution in [-0.2, 0) is 9.59 Å². The number of hydrogen-bond acceptors (Lipinski definition) is 3. The molecule has 0 saturated heterocycles. The minimum Gasteiger partial charge on any atom is -0.480 e. The summed E-state index contributed by atoms with van der Waals surface area (Å²) in [7, 11) is 1.52. The number of carboxylic acid groups (broad SMARTS) is 1. The van der Waals surface area contributed by atoms with E-state index in [-0.39, 0.29) is 25.4 Å². The zero-order valence-corrected chi connectivity index (χ0v) is 10.4. The van der Waals surface area contributed by atoms with Gasteiger partial charge in [-0.05, 0) is 18.8 Å². The zero-order valence-electron chi connectivity index (χ0n) is 10.4. The van der Waals surface area contributed by atoms with Crippen LogP contribution in [0.1, 0.15) is 19.3 Å². The van der Waals surface area contributed by atoms with Gasteiger partial charge in [0.2, 0.25) is 5.91 Å². The minimum atomic E-state index is -1.03. The van der Waals surface area contributed by atoms with Crippen LogP contribution in [0.2, 0.25) is 0 Å². The average Bonchev–Trinajstić information content (AvgIpc) is 3.11. The molecule has 0 aromatic carbocycles. The third kappa shape index (κ3) is 5.51. The molecule has 1 rings (SSSR count). The molecule has 0 bridgehead atoms. The molecule has 1 fully saturated rings. The molecule has 1 aliphatic carbocycles. The molecule has 7 heteroatoms. The van der Waals surface area contributed by atoms with E-state index in [1.165, 1.54) is 11.9 Å². The van der Waals surface area contributed by atoms with E-state index in [1.807, 2.05) is 0 Å². The van der Waals surface area contributed by atoms with E-state index in [4.69, 9.17) is 5.11 Å². The second kappa shape index (κ2) is 6.83. The number of carbonyl (C=O) groups is 3. The molecule has 0 heterocycles. The summed E-state index contributed by atoms with van der Waals surface area (Å²) in [5, 5.41) is 13.7. The molecule has 0 aromatic rings. The van der Waals surface area contributed by atoms with Gasteiger partial charge in [-0.2, -0.15) is 0 Å². The Morgan fingerprint density at radius 1 is 1.33 bits per heavy atom. The highest BCUT2D eigenvalue weighted by atomic mass is 16.4. The van der Waals surface area contributed by atoms with Crippen molar-refractivity contribution in [2.45, 2.75) is 19.3 Å². The second-order valence-electron chi connectivity index (χ2n) is 4.37. The highest BCUT2D eigenvalue weighted by molar-refractivity contribution is 5.81. The standard InChI is InChI=1S/C11H19N3O4/c1-12-9(15)4-5-13-11(18)14(7-10(16)17)6-8-2-3-8/h8H,2-7H2,1H3,(H,12,15)(H,13,18)(H,16,17). The van der Waals surface area contributed by atoms with Crippen molar-refractivity contribution in [2.75, 3.05) is 26.7 Å². The molecule has 1 aliphatic rings. The average molecular weight is 257 g/mol. The van der Waals surface area contributed by atoms with Gasteiger partial charge >= 0.3 is 12.0 Å². The fourth-order valence-electron chi connectivity index (χ4n) is 1.51. The molecule has 1 saturated carbocycles. The second-order valence-corrected chi connectivity index (χ2v) is 4.37. The Morgan fingerprint density at radius 3 is 2.50 bits per heavy atom. The summed E-state index contributed by atoms with van der Waals surface area (Å²) in [6.45, 7) is 0.375. The Morgan fingerprint density at radius 2 is 2.00 bits per heavy atom. The lowest BCUT2D eigenvalue weighted by Crippen LogP contribution is -2.44. The largest absolute Gasteiger partial charge is 0.480 e. The Balaban J connectivity index is 2.32.